The standard InChI is InChI=1S/C24H24Br2O3/c1-16(17-9-11-20-18(13-17)10-12-21(28-3)22(20)26)23(27)29-15-24(2,14-25)19-7-5-4-6-8-19/h4-13,16H,14-15H2,1-3H3. The Hall–Kier alpha value is -1.85. The van der Waals surface area contributed by atoms with Crippen molar-refractivity contribution in [2.75, 3.05) is 19.0 Å². The summed E-state index contributed by atoms with van der Waals surface area (Å²) in [6.07, 6.45) is 0. The van der Waals surface area contributed by atoms with Crippen LogP contribution in [0, 0.1) is 0 Å². The van der Waals surface area contributed by atoms with Crippen LogP contribution in [0.25, 0.3) is 10.8 Å². The van der Waals surface area contributed by atoms with Crippen molar-refractivity contribution in [3.8, 4) is 5.75 Å². The average molecular weight is 520 g/mol. The summed E-state index contributed by atoms with van der Waals surface area (Å²) >= 11 is 7.17. The first-order chi connectivity index (χ1) is 13.9. The van der Waals surface area contributed by atoms with Crippen LogP contribution in [0.15, 0.2) is 65.1 Å². The van der Waals surface area contributed by atoms with Crippen molar-refractivity contribution in [1.29, 1.82) is 0 Å². The summed E-state index contributed by atoms with van der Waals surface area (Å²) in [7, 11) is 1.65. The third kappa shape index (κ3) is 4.67. The number of fused-ring (bicyclic) bond motifs is 1. The first kappa shape index (κ1) is 21.8. The molecule has 3 aromatic rings. The van der Waals surface area contributed by atoms with E-state index in [1.807, 2.05) is 55.5 Å². The predicted octanol–water partition coefficient (Wildman–Crippen LogP) is 6.61. The van der Waals surface area contributed by atoms with Crippen molar-refractivity contribution < 1.29 is 14.3 Å². The Bertz CT molecular complexity index is 1000. The molecule has 3 aromatic carbocycles. The van der Waals surface area contributed by atoms with Crippen molar-refractivity contribution in [3.63, 3.8) is 0 Å². The molecule has 0 radical (unpaired) electrons. The van der Waals surface area contributed by atoms with Crippen molar-refractivity contribution in [2.24, 2.45) is 0 Å². The molecule has 2 unspecified atom stereocenters. The van der Waals surface area contributed by atoms with Gasteiger partial charge < -0.3 is 9.47 Å². The third-order valence-electron chi connectivity index (χ3n) is 5.31. The van der Waals surface area contributed by atoms with Gasteiger partial charge in [-0.2, -0.15) is 0 Å². The second-order valence-electron chi connectivity index (χ2n) is 7.45. The minimum Gasteiger partial charge on any atom is -0.496 e. The normalized spacial score (nSPS) is 14.2. The highest BCUT2D eigenvalue weighted by atomic mass is 79.9. The van der Waals surface area contributed by atoms with Gasteiger partial charge in [0.15, 0.2) is 0 Å². The maximum atomic E-state index is 12.8. The second kappa shape index (κ2) is 9.31. The number of carbonyl (C=O) groups excluding carboxylic acids is 1. The largest absolute Gasteiger partial charge is 0.496 e. The minimum atomic E-state index is -0.351. The predicted molar refractivity (Wildman–Crippen MR) is 125 cm³/mol. The summed E-state index contributed by atoms with van der Waals surface area (Å²) < 4.78 is 12.0. The molecule has 0 aliphatic heterocycles. The SMILES string of the molecule is COc1ccc2cc(C(C)C(=O)OCC(C)(CBr)c3ccccc3)ccc2c1Br. The van der Waals surface area contributed by atoms with Crippen LogP contribution >= 0.6 is 31.9 Å². The molecule has 0 bridgehead atoms. The molecule has 0 N–H and O–H groups in total. The summed E-state index contributed by atoms with van der Waals surface area (Å²) in [5, 5.41) is 2.80. The Kier molecular flexibility index (Phi) is 7.01. The number of esters is 1. The van der Waals surface area contributed by atoms with E-state index in [-0.39, 0.29) is 17.3 Å². The monoisotopic (exact) mass is 518 g/mol. The van der Waals surface area contributed by atoms with Gasteiger partial charge >= 0.3 is 5.97 Å². The van der Waals surface area contributed by atoms with Crippen molar-refractivity contribution in [1.82, 2.24) is 0 Å². The van der Waals surface area contributed by atoms with E-state index in [2.05, 4.69) is 50.9 Å². The van der Waals surface area contributed by atoms with Gasteiger partial charge in [-0.15, -0.1) is 0 Å². The fraction of sp³-hybridized carbons (Fsp3) is 0.292. The van der Waals surface area contributed by atoms with E-state index in [4.69, 9.17) is 9.47 Å². The van der Waals surface area contributed by atoms with Gasteiger partial charge in [-0.1, -0.05) is 77.5 Å². The van der Waals surface area contributed by atoms with Crippen molar-refractivity contribution in [3.05, 3.63) is 76.3 Å². The van der Waals surface area contributed by atoms with Crippen LogP contribution in [-0.4, -0.2) is 25.0 Å². The van der Waals surface area contributed by atoms with Crippen molar-refractivity contribution >= 4 is 48.6 Å². The topological polar surface area (TPSA) is 35.5 Å². The van der Waals surface area contributed by atoms with E-state index in [0.717, 1.165) is 32.1 Å². The lowest BCUT2D eigenvalue weighted by Crippen LogP contribution is -2.32. The molecule has 152 valence electrons. The van der Waals surface area contributed by atoms with E-state index in [9.17, 15) is 4.79 Å². The number of hydrogen-bond acceptors (Lipinski definition) is 3. The number of alkyl halides is 1. The molecular formula is C24H24Br2O3. The highest BCUT2D eigenvalue weighted by Gasteiger charge is 2.28. The van der Waals surface area contributed by atoms with E-state index in [1.165, 1.54) is 0 Å². The molecule has 0 heterocycles. The zero-order valence-electron chi connectivity index (χ0n) is 16.7. The second-order valence-corrected chi connectivity index (χ2v) is 8.81. The average Bonchev–Trinajstić information content (AvgIpc) is 2.77. The van der Waals surface area contributed by atoms with Crippen LogP contribution < -0.4 is 4.74 Å². The molecule has 0 aliphatic carbocycles. The van der Waals surface area contributed by atoms with Gasteiger partial charge in [0.25, 0.3) is 0 Å². The van der Waals surface area contributed by atoms with Crippen LogP contribution in [0.4, 0.5) is 0 Å². The third-order valence-corrected chi connectivity index (χ3v) is 7.37. The zero-order valence-corrected chi connectivity index (χ0v) is 19.9. The van der Waals surface area contributed by atoms with Crippen LogP contribution in [0.3, 0.4) is 0 Å². The fourth-order valence-electron chi connectivity index (χ4n) is 3.25. The molecule has 0 aliphatic rings. The first-order valence-corrected chi connectivity index (χ1v) is 11.4. The molecule has 2 atom stereocenters. The summed E-state index contributed by atoms with van der Waals surface area (Å²) in [6, 6.07) is 20.0. The molecular weight excluding hydrogens is 496 g/mol. The number of benzene rings is 3. The number of ether oxygens (including phenoxy) is 2. The smallest absolute Gasteiger partial charge is 0.313 e. The van der Waals surface area contributed by atoms with Gasteiger partial charge in [-0.05, 0) is 50.8 Å². The molecule has 0 saturated carbocycles. The quantitative estimate of drug-likeness (QED) is 0.260. The van der Waals surface area contributed by atoms with Crippen LogP contribution in [0.1, 0.15) is 30.9 Å². The fourth-order valence-corrected chi connectivity index (χ4v) is 4.39. The Labute approximate surface area is 188 Å². The molecule has 0 aromatic heterocycles. The number of halogens is 2. The molecule has 0 saturated heterocycles. The molecule has 0 spiro atoms. The first-order valence-electron chi connectivity index (χ1n) is 9.44. The summed E-state index contributed by atoms with van der Waals surface area (Å²) in [6.45, 7) is 4.30. The van der Waals surface area contributed by atoms with Gasteiger partial charge in [0, 0.05) is 10.7 Å². The van der Waals surface area contributed by atoms with Gasteiger partial charge in [-0.3, -0.25) is 4.79 Å². The number of rotatable bonds is 7. The highest BCUT2D eigenvalue weighted by molar-refractivity contribution is 9.10. The zero-order chi connectivity index (χ0) is 21.0. The summed E-state index contributed by atoms with van der Waals surface area (Å²) in [5.74, 6) is 0.211. The lowest BCUT2D eigenvalue weighted by atomic mass is 9.85. The van der Waals surface area contributed by atoms with Gasteiger partial charge in [0.2, 0.25) is 0 Å². The van der Waals surface area contributed by atoms with Crippen molar-refractivity contribution in [2.45, 2.75) is 25.2 Å². The molecule has 0 amide bonds. The van der Waals surface area contributed by atoms with E-state index in [1.54, 1.807) is 7.11 Å². The van der Waals surface area contributed by atoms with Gasteiger partial charge in [-0.25, -0.2) is 0 Å². The molecule has 5 heteroatoms. The maximum absolute atomic E-state index is 12.8. The van der Waals surface area contributed by atoms with Gasteiger partial charge in [0.05, 0.1) is 17.5 Å². The maximum Gasteiger partial charge on any atom is 0.313 e. The molecule has 3 nitrogen and oxygen atoms in total. The van der Waals surface area contributed by atoms with Crippen LogP contribution in [-0.2, 0) is 14.9 Å². The Balaban J connectivity index is 1.76. The Morgan fingerprint density at radius 1 is 1.10 bits per heavy atom. The number of hydrogen-bond donors (Lipinski definition) is 0. The van der Waals surface area contributed by atoms with Crippen LogP contribution in [0.5, 0.6) is 5.75 Å². The van der Waals surface area contributed by atoms with E-state index in [0.29, 0.717) is 11.9 Å². The highest BCUT2D eigenvalue weighted by Crippen LogP contribution is 2.35. The summed E-state index contributed by atoms with van der Waals surface area (Å²) in [4.78, 5) is 12.8. The lowest BCUT2D eigenvalue weighted by Gasteiger charge is -2.28. The molecule has 29 heavy (non-hydrogen) atoms. The van der Waals surface area contributed by atoms with Gasteiger partial charge in [0.1, 0.15) is 12.4 Å². The van der Waals surface area contributed by atoms with E-state index >= 15 is 0 Å². The summed E-state index contributed by atoms with van der Waals surface area (Å²) in [5.41, 5.74) is 1.79. The molecule has 3 rings (SSSR count). The minimum absolute atomic E-state index is 0.222. The van der Waals surface area contributed by atoms with Crippen LogP contribution in [0.2, 0.25) is 0 Å². The Morgan fingerprint density at radius 2 is 1.83 bits per heavy atom. The lowest BCUT2D eigenvalue weighted by molar-refractivity contribution is -0.146. The number of carbonyl (C=O) groups is 1. The Morgan fingerprint density at radius 3 is 2.48 bits per heavy atom. The molecule has 0 fully saturated rings. The number of methoxy groups -OCH3 is 1. The van der Waals surface area contributed by atoms with E-state index < -0.39 is 0 Å².